The van der Waals surface area contributed by atoms with Crippen LogP contribution < -0.4 is 10.5 Å². The molecule has 3 rings (SSSR count). The fourth-order valence-corrected chi connectivity index (χ4v) is 2.99. The molecule has 96 valence electrons. The Morgan fingerprint density at radius 1 is 1.47 bits per heavy atom. The third-order valence-electron chi connectivity index (χ3n) is 3.13. The van der Waals surface area contributed by atoms with Crippen molar-refractivity contribution < 1.29 is 4.74 Å². The molecule has 2 heterocycles. The van der Waals surface area contributed by atoms with E-state index in [1.807, 2.05) is 12.1 Å². The lowest BCUT2D eigenvalue weighted by Gasteiger charge is -2.17. The number of nitrogens with zero attached hydrogens (tertiary/aromatic N) is 2. The monoisotopic (exact) mass is 271 g/mol. The van der Waals surface area contributed by atoms with Crippen molar-refractivity contribution in [3.63, 3.8) is 0 Å². The van der Waals surface area contributed by atoms with Crippen LogP contribution in [-0.4, -0.2) is 11.6 Å². The maximum atomic E-state index is 9.18. The van der Waals surface area contributed by atoms with E-state index in [1.165, 1.54) is 16.9 Å². The van der Waals surface area contributed by atoms with E-state index >= 15 is 0 Å². The highest BCUT2D eigenvalue weighted by Gasteiger charge is 2.16. The molecule has 0 saturated carbocycles. The number of nitriles is 1. The van der Waals surface area contributed by atoms with Crippen molar-refractivity contribution in [2.45, 2.75) is 19.4 Å². The molecular formula is C14H13N3OS. The highest BCUT2D eigenvalue weighted by Crippen LogP contribution is 2.33. The summed E-state index contributed by atoms with van der Waals surface area (Å²) in [4.78, 5) is 5.07. The van der Waals surface area contributed by atoms with E-state index in [4.69, 9.17) is 10.5 Å². The number of rotatable bonds is 2. The summed E-state index contributed by atoms with van der Waals surface area (Å²) < 4.78 is 5.59. The molecule has 19 heavy (non-hydrogen) atoms. The molecule has 1 aliphatic heterocycles. The number of thiazole rings is 1. The number of hydrogen-bond donors (Lipinski definition) is 1. The fourth-order valence-electron chi connectivity index (χ4n) is 2.23. The zero-order chi connectivity index (χ0) is 13.2. The molecule has 0 saturated heterocycles. The highest BCUT2D eigenvalue weighted by atomic mass is 32.1. The maximum absolute atomic E-state index is 9.18. The van der Waals surface area contributed by atoms with Gasteiger partial charge in [0.1, 0.15) is 21.7 Å². The van der Waals surface area contributed by atoms with E-state index in [0.717, 1.165) is 41.5 Å². The molecule has 2 N–H and O–H groups in total. The number of aromatic nitrogens is 1. The Labute approximate surface area is 115 Å². The molecule has 0 aliphatic carbocycles. The summed E-state index contributed by atoms with van der Waals surface area (Å²) in [6.07, 6.45) is 2.05. The van der Waals surface area contributed by atoms with Gasteiger partial charge in [0.15, 0.2) is 0 Å². The van der Waals surface area contributed by atoms with Crippen molar-refractivity contribution in [1.29, 1.82) is 5.26 Å². The highest BCUT2D eigenvalue weighted by molar-refractivity contribution is 7.12. The largest absolute Gasteiger partial charge is 0.493 e. The Morgan fingerprint density at radius 2 is 2.37 bits per heavy atom. The summed E-state index contributed by atoms with van der Waals surface area (Å²) >= 11 is 1.36. The van der Waals surface area contributed by atoms with Crippen molar-refractivity contribution in [1.82, 2.24) is 4.98 Å². The summed E-state index contributed by atoms with van der Waals surface area (Å²) in [6, 6.07) is 8.20. The molecule has 0 fully saturated rings. The average molecular weight is 271 g/mol. The van der Waals surface area contributed by atoms with Crippen LogP contribution in [0.5, 0.6) is 5.75 Å². The van der Waals surface area contributed by atoms with E-state index in [2.05, 4.69) is 17.1 Å². The molecule has 0 bridgehead atoms. The van der Waals surface area contributed by atoms with Crippen LogP contribution in [0.25, 0.3) is 11.3 Å². The fraction of sp³-hybridized carbons (Fsp3) is 0.286. The molecule has 0 spiro atoms. The lowest BCUT2D eigenvalue weighted by atomic mass is 10.0. The van der Waals surface area contributed by atoms with Gasteiger partial charge >= 0.3 is 0 Å². The van der Waals surface area contributed by atoms with Gasteiger partial charge < -0.3 is 10.5 Å². The van der Waals surface area contributed by atoms with Gasteiger partial charge in [-0.3, -0.25) is 0 Å². The lowest BCUT2D eigenvalue weighted by Crippen LogP contribution is -2.08. The van der Waals surface area contributed by atoms with Gasteiger partial charge in [0.2, 0.25) is 0 Å². The second-order valence-corrected chi connectivity index (χ2v) is 5.46. The van der Waals surface area contributed by atoms with Crippen LogP contribution in [0.1, 0.15) is 21.9 Å². The van der Waals surface area contributed by atoms with Crippen LogP contribution in [0.3, 0.4) is 0 Å². The predicted octanol–water partition coefficient (Wildman–Crippen LogP) is 2.47. The Hall–Kier alpha value is -1.90. The number of hydrogen-bond acceptors (Lipinski definition) is 5. The summed E-state index contributed by atoms with van der Waals surface area (Å²) in [5, 5.41) is 9.97. The molecule has 5 heteroatoms. The number of fused-ring (bicyclic) bond motifs is 1. The zero-order valence-corrected chi connectivity index (χ0v) is 11.2. The van der Waals surface area contributed by atoms with E-state index in [1.54, 1.807) is 0 Å². The molecule has 0 unspecified atom stereocenters. The smallest absolute Gasteiger partial charge is 0.132 e. The van der Waals surface area contributed by atoms with Crippen LogP contribution in [0.2, 0.25) is 0 Å². The molecule has 1 aromatic carbocycles. The number of aryl methyl sites for hydroxylation is 1. The van der Waals surface area contributed by atoms with Crippen molar-refractivity contribution in [2.24, 2.45) is 5.73 Å². The molecule has 0 radical (unpaired) electrons. The first-order valence-electron chi connectivity index (χ1n) is 6.18. The minimum Gasteiger partial charge on any atom is -0.493 e. The number of benzene rings is 1. The first-order valence-corrected chi connectivity index (χ1v) is 6.99. The molecule has 0 atom stereocenters. The van der Waals surface area contributed by atoms with Crippen LogP contribution in [0, 0.1) is 11.3 Å². The first-order chi connectivity index (χ1) is 9.31. The van der Waals surface area contributed by atoms with Gasteiger partial charge in [0, 0.05) is 12.1 Å². The molecular weight excluding hydrogens is 258 g/mol. The van der Waals surface area contributed by atoms with Gasteiger partial charge in [-0.25, -0.2) is 4.98 Å². The quantitative estimate of drug-likeness (QED) is 0.910. The summed E-state index contributed by atoms with van der Waals surface area (Å²) in [7, 11) is 0. The topological polar surface area (TPSA) is 71.9 Å². The predicted molar refractivity (Wildman–Crippen MR) is 74.0 cm³/mol. The lowest BCUT2D eigenvalue weighted by molar-refractivity contribution is 0.288. The number of nitrogens with two attached hydrogens (primary N) is 1. The van der Waals surface area contributed by atoms with Crippen molar-refractivity contribution in [2.75, 3.05) is 6.61 Å². The van der Waals surface area contributed by atoms with Crippen LogP contribution in [0.4, 0.5) is 0 Å². The Balaban J connectivity index is 2.07. The summed E-state index contributed by atoms with van der Waals surface area (Å²) in [5.41, 5.74) is 8.49. The van der Waals surface area contributed by atoms with Gasteiger partial charge in [0.25, 0.3) is 0 Å². The third-order valence-corrected chi connectivity index (χ3v) is 4.11. The van der Waals surface area contributed by atoms with E-state index in [9.17, 15) is 5.26 Å². The Morgan fingerprint density at radius 3 is 3.16 bits per heavy atom. The second kappa shape index (κ2) is 5.00. The normalized spacial score (nSPS) is 13.5. The Bertz CT molecular complexity index is 657. The van der Waals surface area contributed by atoms with Crippen molar-refractivity contribution in [3.05, 3.63) is 33.6 Å². The van der Waals surface area contributed by atoms with E-state index < -0.39 is 0 Å². The van der Waals surface area contributed by atoms with Crippen LogP contribution in [-0.2, 0) is 13.0 Å². The van der Waals surface area contributed by atoms with Crippen molar-refractivity contribution in [3.8, 4) is 23.1 Å². The minimum absolute atomic E-state index is 0.368. The standard InChI is InChI=1S/C14H13N3OS/c15-7-12-14(17-13(8-16)19-12)10-3-4-11-9(6-10)2-1-5-18-11/h3-4,6H,1-2,5,8,16H2. The van der Waals surface area contributed by atoms with E-state index in [0.29, 0.717) is 11.4 Å². The Kier molecular flexibility index (Phi) is 3.20. The SMILES string of the molecule is N#Cc1sc(CN)nc1-c1ccc2c(c1)CCCO2. The van der Waals surface area contributed by atoms with Gasteiger partial charge in [0.05, 0.1) is 12.3 Å². The molecule has 0 amide bonds. The van der Waals surface area contributed by atoms with E-state index in [-0.39, 0.29) is 0 Å². The molecule has 1 aliphatic rings. The van der Waals surface area contributed by atoms with Gasteiger partial charge in [-0.05, 0) is 36.6 Å². The average Bonchev–Trinajstić information content (AvgIpc) is 2.90. The number of ether oxygens (including phenoxy) is 1. The minimum atomic E-state index is 0.368. The zero-order valence-electron chi connectivity index (χ0n) is 10.3. The van der Waals surface area contributed by atoms with Gasteiger partial charge in [-0.15, -0.1) is 11.3 Å². The third kappa shape index (κ3) is 2.21. The summed E-state index contributed by atoms with van der Waals surface area (Å²) in [5.74, 6) is 0.947. The maximum Gasteiger partial charge on any atom is 0.132 e. The van der Waals surface area contributed by atoms with Gasteiger partial charge in [-0.2, -0.15) is 5.26 Å². The van der Waals surface area contributed by atoms with Gasteiger partial charge in [-0.1, -0.05) is 0 Å². The second-order valence-electron chi connectivity index (χ2n) is 4.38. The molecule has 4 nitrogen and oxygen atoms in total. The van der Waals surface area contributed by atoms with Crippen LogP contribution in [0.15, 0.2) is 18.2 Å². The van der Waals surface area contributed by atoms with Crippen molar-refractivity contribution >= 4 is 11.3 Å². The van der Waals surface area contributed by atoms with Crippen LogP contribution >= 0.6 is 11.3 Å². The molecule has 1 aromatic heterocycles. The first kappa shape index (κ1) is 12.2. The summed E-state index contributed by atoms with van der Waals surface area (Å²) in [6.45, 7) is 1.15. The molecule has 2 aromatic rings.